The molecule has 1 aromatic heterocycles. The first-order valence-electron chi connectivity index (χ1n) is 5.46. The van der Waals surface area contributed by atoms with Gasteiger partial charge in [-0.2, -0.15) is 0 Å². The Morgan fingerprint density at radius 2 is 2.31 bits per heavy atom. The lowest BCUT2D eigenvalue weighted by atomic mass is 10.1. The van der Waals surface area contributed by atoms with E-state index in [1.54, 1.807) is 6.20 Å². The van der Waals surface area contributed by atoms with E-state index in [0.29, 0.717) is 18.2 Å². The van der Waals surface area contributed by atoms with Gasteiger partial charge >= 0.3 is 0 Å². The van der Waals surface area contributed by atoms with E-state index < -0.39 is 9.84 Å². The molecule has 5 nitrogen and oxygen atoms in total. The largest absolute Gasteiger partial charge is 0.334 e. The molecule has 0 aromatic carbocycles. The highest BCUT2D eigenvalue weighted by Gasteiger charge is 2.23. The van der Waals surface area contributed by atoms with E-state index in [4.69, 9.17) is 0 Å². The molecule has 1 aromatic rings. The lowest BCUT2D eigenvalue weighted by Gasteiger charge is -2.26. The maximum atomic E-state index is 11.8. The van der Waals surface area contributed by atoms with Crippen molar-refractivity contribution in [1.29, 1.82) is 0 Å². The van der Waals surface area contributed by atoms with Crippen LogP contribution < -0.4 is 5.32 Å². The van der Waals surface area contributed by atoms with E-state index in [9.17, 15) is 8.42 Å². The van der Waals surface area contributed by atoms with Crippen molar-refractivity contribution in [2.75, 3.05) is 24.6 Å². The minimum absolute atomic E-state index is 0.209. The van der Waals surface area contributed by atoms with Crippen LogP contribution in [0.3, 0.4) is 0 Å². The van der Waals surface area contributed by atoms with Gasteiger partial charge in [0.1, 0.15) is 5.82 Å². The number of nitrogens with zero attached hydrogens (tertiary/aromatic N) is 2. The lowest BCUT2D eigenvalue weighted by molar-refractivity contribution is 0.378. The molecule has 1 N–H and O–H groups in total. The van der Waals surface area contributed by atoms with Crippen molar-refractivity contribution in [1.82, 2.24) is 14.9 Å². The number of hydrogen-bond donors (Lipinski definition) is 1. The molecule has 0 spiro atoms. The predicted molar refractivity (Wildman–Crippen MR) is 62.0 cm³/mol. The van der Waals surface area contributed by atoms with Crippen molar-refractivity contribution < 1.29 is 8.42 Å². The fourth-order valence-electron chi connectivity index (χ4n) is 1.79. The topological polar surface area (TPSA) is 64.0 Å². The van der Waals surface area contributed by atoms with Crippen LogP contribution in [-0.2, 0) is 16.4 Å². The van der Waals surface area contributed by atoms with Gasteiger partial charge in [-0.05, 0) is 12.8 Å². The first-order chi connectivity index (χ1) is 7.57. The molecule has 16 heavy (non-hydrogen) atoms. The highest BCUT2D eigenvalue weighted by atomic mass is 32.2. The second-order valence-electron chi connectivity index (χ2n) is 4.31. The quantitative estimate of drug-likeness (QED) is 0.779. The van der Waals surface area contributed by atoms with Crippen LogP contribution in [-0.4, -0.2) is 42.6 Å². The molecule has 0 atom stereocenters. The molecule has 1 saturated heterocycles. The Morgan fingerprint density at radius 1 is 1.56 bits per heavy atom. The number of imidazole rings is 1. The Balaban J connectivity index is 1.86. The average molecular weight is 243 g/mol. The fourth-order valence-corrected chi connectivity index (χ4v) is 3.38. The molecule has 0 aliphatic carbocycles. The summed E-state index contributed by atoms with van der Waals surface area (Å²) in [6.45, 7) is 4.06. The van der Waals surface area contributed by atoms with Crippen molar-refractivity contribution in [2.45, 2.75) is 13.5 Å². The Labute approximate surface area is 95.8 Å². The molecule has 90 valence electrons. The third-order valence-corrected chi connectivity index (χ3v) is 4.71. The van der Waals surface area contributed by atoms with E-state index in [1.165, 1.54) is 0 Å². The van der Waals surface area contributed by atoms with E-state index in [2.05, 4.69) is 10.3 Å². The van der Waals surface area contributed by atoms with Crippen LogP contribution in [0.2, 0.25) is 0 Å². The molecular weight excluding hydrogens is 226 g/mol. The average Bonchev–Trinajstić information content (AvgIpc) is 2.55. The Morgan fingerprint density at radius 3 is 2.81 bits per heavy atom. The van der Waals surface area contributed by atoms with Gasteiger partial charge in [-0.3, -0.25) is 0 Å². The Hall–Kier alpha value is -0.880. The third kappa shape index (κ3) is 2.82. The number of sulfone groups is 1. The minimum atomic E-state index is -2.92. The van der Waals surface area contributed by atoms with Crippen molar-refractivity contribution in [3.63, 3.8) is 0 Å². The zero-order valence-corrected chi connectivity index (χ0v) is 10.2. The highest BCUT2D eigenvalue weighted by molar-refractivity contribution is 7.91. The van der Waals surface area contributed by atoms with Crippen molar-refractivity contribution in [2.24, 2.45) is 5.92 Å². The molecule has 2 heterocycles. The molecule has 0 amide bonds. The van der Waals surface area contributed by atoms with Gasteiger partial charge in [-0.15, -0.1) is 0 Å². The molecule has 6 heteroatoms. The van der Waals surface area contributed by atoms with Crippen molar-refractivity contribution in [3.05, 3.63) is 18.2 Å². The SMILES string of the molecule is Cc1nccn1CCS(=O)(=O)CC1CNC1. The lowest BCUT2D eigenvalue weighted by Crippen LogP contribution is -2.46. The van der Waals surface area contributed by atoms with Crippen molar-refractivity contribution >= 4 is 9.84 Å². The standard InChI is InChI=1S/C10H17N3O2S/c1-9-12-2-3-13(9)4-5-16(14,15)8-10-6-11-7-10/h2-3,10-11H,4-8H2,1H3. The predicted octanol–water partition coefficient (Wildman–Crippen LogP) is -0.174. The monoisotopic (exact) mass is 243 g/mol. The van der Waals surface area contributed by atoms with E-state index in [-0.39, 0.29) is 5.75 Å². The Bertz CT molecular complexity index is 448. The second kappa shape index (κ2) is 4.55. The van der Waals surface area contributed by atoms with E-state index >= 15 is 0 Å². The van der Waals surface area contributed by atoms with Gasteiger partial charge in [0.15, 0.2) is 9.84 Å². The van der Waals surface area contributed by atoms with Crippen LogP contribution in [0.1, 0.15) is 5.82 Å². The van der Waals surface area contributed by atoms with E-state index in [1.807, 2.05) is 17.7 Å². The van der Waals surface area contributed by atoms with Crippen molar-refractivity contribution in [3.8, 4) is 0 Å². The zero-order valence-electron chi connectivity index (χ0n) is 9.39. The van der Waals surface area contributed by atoms with Crippen LogP contribution >= 0.6 is 0 Å². The first kappa shape index (κ1) is 11.6. The molecule has 1 aliphatic rings. The van der Waals surface area contributed by atoms with Gasteiger partial charge in [-0.1, -0.05) is 0 Å². The molecule has 1 fully saturated rings. The molecule has 1 aliphatic heterocycles. The van der Waals surface area contributed by atoms with E-state index in [0.717, 1.165) is 18.9 Å². The van der Waals surface area contributed by atoms with Gasteiger partial charge < -0.3 is 9.88 Å². The van der Waals surface area contributed by atoms with Crippen LogP contribution in [0.5, 0.6) is 0 Å². The number of hydrogen-bond acceptors (Lipinski definition) is 4. The van der Waals surface area contributed by atoms with Crippen LogP contribution in [0.15, 0.2) is 12.4 Å². The fraction of sp³-hybridized carbons (Fsp3) is 0.700. The molecule has 2 rings (SSSR count). The van der Waals surface area contributed by atoms with Gasteiger partial charge in [0.2, 0.25) is 0 Å². The first-order valence-corrected chi connectivity index (χ1v) is 7.28. The van der Waals surface area contributed by atoms with Crippen LogP contribution in [0.25, 0.3) is 0 Å². The zero-order chi connectivity index (χ0) is 11.6. The van der Waals surface area contributed by atoms with Crippen LogP contribution in [0.4, 0.5) is 0 Å². The second-order valence-corrected chi connectivity index (χ2v) is 6.54. The summed E-state index contributed by atoms with van der Waals surface area (Å²) < 4.78 is 25.4. The number of rotatable bonds is 5. The Kier molecular flexibility index (Phi) is 3.30. The summed E-state index contributed by atoms with van der Waals surface area (Å²) in [6, 6.07) is 0. The maximum Gasteiger partial charge on any atom is 0.152 e. The van der Waals surface area contributed by atoms with Gasteiger partial charge in [-0.25, -0.2) is 13.4 Å². The minimum Gasteiger partial charge on any atom is -0.334 e. The van der Waals surface area contributed by atoms with Crippen LogP contribution in [0, 0.1) is 12.8 Å². The summed E-state index contributed by atoms with van der Waals surface area (Å²) in [5.41, 5.74) is 0. The highest BCUT2D eigenvalue weighted by Crippen LogP contribution is 2.08. The molecule has 0 unspecified atom stereocenters. The number of aryl methyl sites for hydroxylation is 2. The summed E-state index contributed by atoms with van der Waals surface area (Å²) in [5.74, 6) is 1.70. The smallest absolute Gasteiger partial charge is 0.152 e. The summed E-state index contributed by atoms with van der Waals surface area (Å²) in [5, 5.41) is 3.08. The molecule has 0 radical (unpaired) electrons. The number of nitrogens with one attached hydrogen (secondary N) is 1. The normalized spacial score (nSPS) is 17.3. The number of aromatic nitrogens is 2. The summed E-state index contributed by atoms with van der Waals surface area (Å²) in [6.07, 6.45) is 3.51. The third-order valence-electron chi connectivity index (χ3n) is 2.92. The summed E-state index contributed by atoms with van der Waals surface area (Å²) in [4.78, 5) is 4.06. The summed E-state index contributed by atoms with van der Waals surface area (Å²) in [7, 11) is -2.92. The molecule has 0 saturated carbocycles. The molecular formula is C10H17N3O2S. The molecule has 0 bridgehead atoms. The van der Waals surface area contributed by atoms with Gasteiger partial charge in [0, 0.05) is 32.0 Å². The van der Waals surface area contributed by atoms with Gasteiger partial charge in [0.05, 0.1) is 11.5 Å². The maximum absolute atomic E-state index is 11.8. The van der Waals surface area contributed by atoms with Gasteiger partial charge in [0.25, 0.3) is 0 Å². The summed E-state index contributed by atoms with van der Waals surface area (Å²) >= 11 is 0.